The molecule has 2 aromatic carbocycles. The number of hydrogen-bond acceptors (Lipinski definition) is 4. The molecule has 0 aliphatic carbocycles. The highest BCUT2D eigenvalue weighted by Crippen LogP contribution is 2.28. The van der Waals surface area contributed by atoms with Crippen molar-refractivity contribution in [3.8, 4) is 11.5 Å². The molecular formula is C21H21N3O2. The Balaban J connectivity index is 1.63. The molecule has 0 fully saturated rings. The van der Waals surface area contributed by atoms with Crippen molar-refractivity contribution >= 4 is 11.7 Å². The van der Waals surface area contributed by atoms with Crippen molar-refractivity contribution < 1.29 is 9.53 Å². The average Bonchev–Trinajstić information content (AvgIpc) is 2.64. The quantitative estimate of drug-likeness (QED) is 0.731. The number of carbonyl (C=O) groups is 1. The van der Waals surface area contributed by atoms with Gasteiger partial charge >= 0.3 is 0 Å². The van der Waals surface area contributed by atoms with Crippen molar-refractivity contribution in [1.29, 1.82) is 0 Å². The summed E-state index contributed by atoms with van der Waals surface area (Å²) in [5.41, 5.74) is 9.25. The summed E-state index contributed by atoms with van der Waals surface area (Å²) in [6.45, 7) is 4.45. The summed E-state index contributed by atoms with van der Waals surface area (Å²) in [6, 6.07) is 17.0. The van der Waals surface area contributed by atoms with Gasteiger partial charge in [-0.05, 0) is 54.8 Å². The molecule has 3 rings (SSSR count). The van der Waals surface area contributed by atoms with E-state index in [1.165, 1.54) is 0 Å². The van der Waals surface area contributed by atoms with E-state index in [0.29, 0.717) is 12.1 Å². The molecule has 1 aromatic heterocycles. The number of benzene rings is 2. The van der Waals surface area contributed by atoms with Gasteiger partial charge in [-0.25, -0.2) is 4.98 Å². The molecule has 0 radical (unpaired) electrons. The highest BCUT2D eigenvalue weighted by atomic mass is 16.5. The SMILES string of the molecule is Cc1cccc(C)c1Oc1ccc(CNC(=O)c2cccnc2N)cc1. The average molecular weight is 347 g/mol. The van der Waals surface area contributed by atoms with Crippen molar-refractivity contribution in [3.63, 3.8) is 0 Å². The second kappa shape index (κ2) is 7.70. The molecule has 0 saturated heterocycles. The van der Waals surface area contributed by atoms with Crippen LogP contribution >= 0.6 is 0 Å². The Morgan fingerprint density at radius 3 is 2.38 bits per heavy atom. The zero-order valence-electron chi connectivity index (χ0n) is 14.8. The number of carbonyl (C=O) groups excluding carboxylic acids is 1. The predicted octanol–water partition coefficient (Wildman–Crippen LogP) is 4.00. The van der Waals surface area contributed by atoms with Gasteiger partial charge in [0.25, 0.3) is 5.91 Å². The number of para-hydroxylation sites is 1. The van der Waals surface area contributed by atoms with Crippen LogP contribution in [0.15, 0.2) is 60.8 Å². The molecule has 3 aromatic rings. The van der Waals surface area contributed by atoms with Crippen LogP contribution in [0.25, 0.3) is 0 Å². The van der Waals surface area contributed by atoms with Gasteiger partial charge in [-0.15, -0.1) is 0 Å². The van der Waals surface area contributed by atoms with Gasteiger partial charge in [-0.1, -0.05) is 30.3 Å². The summed E-state index contributed by atoms with van der Waals surface area (Å²) in [6.07, 6.45) is 1.56. The molecule has 0 unspecified atom stereocenters. The van der Waals surface area contributed by atoms with Crippen molar-refractivity contribution in [3.05, 3.63) is 83.0 Å². The Labute approximate surface area is 152 Å². The number of anilines is 1. The van der Waals surface area contributed by atoms with Crippen LogP contribution < -0.4 is 15.8 Å². The Hall–Kier alpha value is -3.34. The van der Waals surface area contributed by atoms with Crippen LogP contribution in [0, 0.1) is 13.8 Å². The zero-order chi connectivity index (χ0) is 18.5. The fraction of sp³-hybridized carbons (Fsp3) is 0.143. The van der Waals surface area contributed by atoms with Gasteiger partial charge in [-0.3, -0.25) is 4.79 Å². The number of rotatable bonds is 5. The van der Waals surface area contributed by atoms with Crippen LogP contribution in [0.1, 0.15) is 27.0 Å². The number of nitrogens with two attached hydrogens (primary N) is 1. The number of ether oxygens (including phenoxy) is 1. The van der Waals surface area contributed by atoms with E-state index in [-0.39, 0.29) is 11.7 Å². The van der Waals surface area contributed by atoms with E-state index in [2.05, 4.69) is 10.3 Å². The third kappa shape index (κ3) is 4.00. The molecule has 5 nitrogen and oxygen atoms in total. The van der Waals surface area contributed by atoms with Gasteiger partial charge in [-0.2, -0.15) is 0 Å². The molecule has 132 valence electrons. The van der Waals surface area contributed by atoms with Gasteiger partial charge in [0, 0.05) is 12.7 Å². The van der Waals surface area contributed by atoms with Gasteiger partial charge in [0.05, 0.1) is 5.56 Å². The first-order valence-corrected chi connectivity index (χ1v) is 8.36. The maximum atomic E-state index is 12.2. The maximum absolute atomic E-state index is 12.2. The van der Waals surface area contributed by atoms with Crippen molar-refractivity contribution in [2.75, 3.05) is 5.73 Å². The van der Waals surface area contributed by atoms with E-state index < -0.39 is 0 Å². The van der Waals surface area contributed by atoms with E-state index in [1.807, 2.05) is 56.3 Å². The number of aromatic nitrogens is 1. The molecule has 0 spiro atoms. The molecule has 3 N–H and O–H groups in total. The topological polar surface area (TPSA) is 77.2 Å². The fourth-order valence-electron chi connectivity index (χ4n) is 2.64. The lowest BCUT2D eigenvalue weighted by molar-refractivity contribution is 0.0951. The van der Waals surface area contributed by atoms with Crippen molar-refractivity contribution in [1.82, 2.24) is 10.3 Å². The largest absolute Gasteiger partial charge is 0.457 e. The van der Waals surface area contributed by atoms with Crippen LogP contribution in [0.5, 0.6) is 11.5 Å². The minimum atomic E-state index is -0.244. The van der Waals surface area contributed by atoms with Crippen LogP contribution in [0.3, 0.4) is 0 Å². The Kier molecular flexibility index (Phi) is 5.17. The first-order valence-electron chi connectivity index (χ1n) is 8.36. The summed E-state index contributed by atoms with van der Waals surface area (Å²) >= 11 is 0. The molecule has 0 aliphatic rings. The van der Waals surface area contributed by atoms with E-state index in [4.69, 9.17) is 10.5 Å². The second-order valence-corrected chi connectivity index (χ2v) is 6.09. The van der Waals surface area contributed by atoms with Gasteiger partial charge in [0.1, 0.15) is 17.3 Å². The number of aryl methyl sites for hydroxylation is 2. The third-order valence-electron chi connectivity index (χ3n) is 4.09. The van der Waals surface area contributed by atoms with Crippen LogP contribution in [-0.2, 0) is 6.54 Å². The van der Waals surface area contributed by atoms with E-state index in [9.17, 15) is 4.79 Å². The number of nitrogens with zero attached hydrogens (tertiary/aromatic N) is 1. The predicted molar refractivity (Wildman–Crippen MR) is 102 cm³/mol. The first kappa shape index (κ1) is 17.5. The highest BCUT2D eigenvalue weighted by molar-refractivity contribution is 5.98. The van der Waals surface area contributed by atoms with Crippen molar-refractivity contribution in [2.24, 2.45) is 0 Å². The molecular weight excluding hydrogens is 326 g/mol. The molecule has 1 heterocycles. The van der Waals surface area contributed by atoms with Gasteiger partial charge in [0.15, 0.2) is 0 Å². The minimum absolute atomic E-state index is 0.224. The van der Waals surface area contributed by atoms with Crippen LogP contribution in [-0.4, -0.2) is 10.9 Å². The van der Waals surface area contributed by atoms with E-state index in [1.54, 1.807) is 18.3 Å². The van der Waals surface area contributed by atoms with E-state index in [0.717, 1.165) is 28.2 Å². The number of nitrogens with one attached hydrogen (secondary N) is 1. The Bertz CT molecular complexity index is 901. The highest BCUT2D eigenvalue weighted by Gasteiger charge is 2.10. The van der Waals surface area contributed by atoms with Crippen molar-refractivity contribution in [2.45, 2.75) is 20.4 Å². The molecule has 0 aliphatic heterocycles. The first-order chi connectivity index (χ1) is 12.5. The van der Waals surface area contributed by atoms with Crippen LogP contribution in [0.2, 0.25) is 0 Å². The Morgan fingerprint density at radius 2 is 1.73 bits per heavy atom. The second-order valence-electron chi connectivity index (χ2n) is 6.09. The number of nitrogen functional groups attached to an aromatic ring is 1. The summed E-state index contributed by atoms with van der Waals surface area (Å²) in [5.74, 6) is 1.61. The summed E-state index contributed by atoms with van der Waals surface area (Å²) in [7, 11) is 0. The smallest absolute Gasteiger partial charge is 0.255 e. The number of hydrogen-bond donors (Lipinski definition) is 2. The molecule has 0 saturated carbocycles. The fourth-order valence-corrected chi connectivity index (χ4v) is 2.64. The standard InChI is InChI=1S/C21H21N3O2/c1-14-5-3-6-15(2)19(14)26-17-10-8-16(9-11-17)13-24-21(25)18-7-4-12-23-20(18)22/h3-12H,13H2,1-2H3,(H2,22,23)(H,24,25). The number of pyridine rings is 1. The van der Waals surface area contributed by atoms with E-state index >= 15 is 0 Å². The lowest BCUT2D eigenvalue weighted by Crippen LogP contribution is -2.24. The Morgan fingerprint density at radius 1 is 1.04 bits per heavy atom. The summed E-state index contributed by atoms with van der Waals surface area (Å²) in [4.78, 5) is 16.1. The summed E-state index contributed by atoms with van der Waals surface area (Å²) in [5, 5.41) is 2.84. The lowest BCUT2D eigenvalue weighted by atomic mass is 10.1. The molecule has 1 amide bonds. The normalized spacial score (nSPS) is 10.4. The zero-order valence-corrected chi connectivity index (χ0v) is 14.8. The number of amides is 1. The van der Waals surface area contributed by atoms with Crippen LogP contribution in [0.4, 0.5) is 5.82 Å². The molecule has 5 heteroatoms. The molecule has 0 bridgehead atoms. The maximum Gasteiger partial charge on any atom is 0.255 e. The minimum Gasteiger partial charge on any atom is -0.457 e. The lowest BCUT2D eigenvalue weighted by Gasteiger charge is -2.12. The third-order valence-corrected chi connectivity index (χ3v) is 4.09. The molecule has 0 atom stereocenters. The van der Waals surface area contributed by atoms with Gasteiger partial charge in [0.2, 0.25) is 0 Å². The monoisotopic (exact) mass is 347 g/mol. The molecule has 26 heavy (non-hydrogen) atoms. The summed E-state index contributed by atoms with van der Waals surface area (Å²) < 4.78 is 5.99. The van der Waals surface area contributed by atoms with Gasteiger partial charge < -0.3 is 15.8 Å².